The standard InChI is InChI=1S/C20H20Cl2N4O4S/c1-12(23)18(28)30-11-25-19(24-17(27)14-4-8-16(22)9-5-14)31-26(20(25)29)10-13-2-6-15(21)7-3-13/h2-9,12,19H,10-11,23H2,1H3,(H,24,27). The highest BCUT2D eigenvalue weighted by Gasteiger charge is 2.40. The molecule has 11 heteroatoms. The van der Waals surface area contributed by atoms with Gasteiger partial charge in [0.2, 0.25) is 0 Å². The predicted octanol–water partition coefficient (Wildman–Crippen LogP) is 3.44. The van der Waals surface area contributed by atoms with E-state index in [0.29, 0.717) is 15.6 Å². The van der Waals surface area contributed by atoms with Crippen molar-refractivity contribution in [3.8, 4) is 0 Å². The Bertz CT molecular complexity index is 957. The van der Waals surface area contributed by atoms with Gasteiger partial charge in [-0.2, -0.15) is 0 Å². The van der Waals surface area contributed by atoms with Crippen molar-refractivity contribution < 1.29 is 19.1 Å². The van der Waals surface area contributed by atoms with Gasteiger partial charge in [0, 0.05) is 27.6 Å². The second-order valence-corrected chi connectivity index (χ2v) is 8.71. The number of rotatable bonds is 7. The maximum atomic E-state index is 12.9. The van der Waals surface area contributed by atoms with Gasteiger partial charge in [-0.25, -0.2) is 4.79 Å². The number of urea groups is 1. The monoisotopic (exact) mass is 482 g/mol. The third kappa shape index (κ3) is 6.04. The summed E-state index contributed by atoms with van der Waals surface area (Å²) in [5.41, 5.74) is 5.95. The van der Waals surface area contributed by atoms with Crippen LogP contribution in [0.2, 0.25) is 10.0 Å². The second-order valence-electron chi connectivity index (χ2n) is 6.73. The molecule has 164 valence electrons. The Morgan fingerprint density at radius 3 is 2.29 bits per heavy atom. The van der Waals surface area contributed by atoms with Crippen LogP contribution in [0.3, 0.4) is 0 Å². The summed E-state index contributed by atoms with van der Waals surface area (Å²) >= 11 is 12.9. The van der Waals surface area contributed by atoms with Gasteiger partial charge in [0.15, 0.2) is 12.2 Å². The number of nitrogens with zero attached hydrogens (tertiary/aromatic N) is 2. The van der Waals surface area contributed by atoms with Crippen LogP contribution in [0.15, 0.2) is 48.5 Å². The molecule has 3 rings (SSSR count). The van der Waals surface area contributed by atoms with E-state index in [1.165, 1.54) is 16.1 Å². The van der Waals surface area contributed by atoms with Crippen LogP contribution in [-0.2, 0) is 16.1 Å². The summed E-state index contributed by atoms with van der Waals surface area (Å²) in [6, 6.07) is 12.1. The summed E-state index contributed by atoms with van der Waals surface area (Å²) in [7, 11) is 0. The SMILES string of the molecule is CC(N)C(=O)OCN1C(=O)N(Cc2ccc(Cl)cc2)SC1NC(=O)c1ccc(Cl)cc1. The largest absolute Gasteiger partial charge is 0.443 e. The number of esters is 1. The molecule has 1 heterocycles. The van der Waals surface area contributed by atoms with Gasteiger partial charge in [-0.15, -0.1) is 0 Å². The number of amides is 3. The van der Waals surface area contributed by atoms with Gasteiger partial charge in [-0.05, 0) is 48.9 Å². The molecule has 31 heavy (non-hydrogen) atoms. The molecule has 3 amide bonds. The number of benzene rings is 2. The molecule has 1 aliphatic heterocycles. The van der Waals surface area contributed by atoms with Crippen molar-refractivity contribution >= 4 is 53.1 Å². The molecule has 0 spiro atoms. The zero-order chi connectivity index (χ0) is 22.5. The fourth-order valence-electron chi connectivity index (χ4n) is 2.62. The van der Waals surface area contributed by atoms with Gasteiger partial charge < -0.3 is 15.8 Å². The Labute approximate surface area is 193 Å². The maximum absolute atomic E-state index is 12.9. The van der Waals surface area contributed by atoms with Crippen molar-refractivity contribution in [1.82, 2.24) is 14.5 Å². The molecule has 0 aliphatic carbocycles. The van der Waals surface area contributed by atoms with Crippen LogP contribution in [0.1, 0.15) is 22.8 Å². The molecule has 2 unspecified atom stereocenters. The molecule has 1 fully saturated rings. The van der Waals surface area contributed by atoms with Gasteiger partial charge >= 0.3 is 12.0 Å². The minimum atomic E-state index is -0.836. The quantitative estimate of drug-likeness (QED) is 0.462. The van der Waals surface area contributed by atoms with Crippen molar-refractivity contribution in [2.75, 3.05) is 6.73 Å². The Balaban J connectivity index is 1.74. The van der Waals surface area contributed by atoms with Crippen molar-refractivity contribution in [2.24, 2.45) is 5.73 Å². The Morgan fingerprint density at radius 1 is 1.13 bits per heavy atom. The lowest BCUT2D eigenvalue weighted by molar-refractivity contribution is -0.148. The molecule has 2 aromatic rings. The first kappa shape index (κ1) is 23.2. The van der Waals surface area contributed by atoms with Crippen molar-refractivity contribution in [3.63, 3.8) is 0 Å². The van der Waals surface area contributed by atoms with Gasteiger partial charge in [0.25, 0.3) is 5.91 Å². The van der Waals surface area contributed by atoms with Crippen LogP contribution in [0.4, 0.5) is 4.79 Å². The first-order valence-corrected chi connectivity index (χ1v) is 10.8. The van der Waals surface area contributed by atoms with E-state index >= 15 is 0 Å². The highest BCUT2D eigenvalue weighted by atomic mass is 35.5. The van der Waals surface area contributed by atoms with E-state index in [1.54, 1.807) is 48.5 Å². The van der Waals surface area contributed by atoms with E-state index in [0.717, 1.165) is 17.5 Å². The summed E-state index contributed by atoms with van der Waals surface area (Å²) in [6.07, 6.45) is 0. The smallest absolute Gasteiger partial charge is 0.335 e. The van der Waals surface area contributed by atoms with E-state index in [2.05, 4.69) is 5.32 Å². The van der Waals surface area contributed by atoms with Gasteiger partial charge in [-0.3, -0.25) is 18.8 Å². The summed E-state index contributed by atoms with van der Waals surface area (Å²) in [4.78, 5) is 38.6. The van der Waals surface area contributed by atoms with Crippen LogP contribution >= 0.6 is 35.1 Å². The molecule has 0 saturated carbocycles. The van der Waals surface area contributed by atoms with Gasteiger partial charge in [-0.1, -0.05) is 35.3 Å². The number of carbonyl (C=O) groups excluding carboxylic acids is 3. The molecule has 8 nitrogen and oxygen atoms in total. The number of ether oxygens (including phenoxy) is 1. The number of carbonyl (C=O) groups is 3. The fraction of sp³-hybridized carbons (Fsp3) is 0.250. The average Bonchev–Trinajstić information content (AvgIpc) is 3.02. The van der Waals surface area contributed by atoms with Crippen molar-refractivity contribution in [2.45, 2.75) is 25.0 Å². The minimum Gasteiger partial charge on any atom is -0.443 e. The van der Waals surface area contributed by atoms with Crippen molar-refractivity contribution in [1.29, 1.82) is 0 Å². The molecular weight excluding hydrogens is 463 g/mol. The normalized spacial score (nSPS) is 16.9. The number of hydrogen-bond acceptors (Lipinski definition) is 6. The van der Waals surface area contributed by atoms with Crippen LogP contribution in [-0.4, -0.2) is 45.4 Å². The highest BCUT2D eigenvalue weighted by molar-refractivity contribution is 7.98. The molecule has 0 bridgehead atoms. The molecular formula is C20H20Cl2N4O4S. The molecule has 2 aromatic carbocycles. The third-order valence-electron chi connectivity index (χ3n) is 4.29. The maximum Gasteiger partial charge on any atom is 0.335 e. The third-order valence-corrected chi connectivity index (χ3v) is 5.90. The van der Waals surface area contributed by atoms with E-state index in [-0.39, 0.29) is 13.3 Å². The van der Waals surface area contributed by atoms with Crippen molar-refractivity contribution in [3.05, 3.63) is 69.7 Å². The van der Waals surface area contributed by atoms with Gasteiger partial charge in [0.05, 0.1) is 6.54 Å². The van der Waals surface area contributed by atoms with Crippen LogP contribution in [0, 0.1) is 0 Å². The van der Waals surface area contributed by atoms with E-state index in [9.17, 15) is 14.4 Å². The summed E-state index contributed by atoms with van der Waals surface area (Å²) in [5.74, 6) is -1.06. The predicted molar refractivity (Wildman–Crippen MR) is 119 cm³/mol. The lowest BCUT2D eigenvalue weighted by Gasteiger charge is -2.22. The summed E-state index contributed by atoms with van der Waals surface area (Å²) < 4.78 is 6.59. The van der Waals surface area contributed by atoms with Crippen LogP contribution in [0.25, 0.3) is 0 Å². The Morgan fingerprint density at radius 2 is 1.71 bits per heavy atom. The van der Waals surface area contributed by atoms with E-state index in [4.69, 9.17) is 33.7 Å². The Hall–Kier alpha value is -2.46. The van der Waals surface area contributed by atoms with Crippen LogP contribution < -0.4 is 11.1 Å². The summed E-state index contributed by atoms with van der Waals surface area (Å²) in [5, 5.41) is 3.86. The lowest BCUT2D eigenvalue weighted by Crippen LogP contribution is -2.46. The van der Waals surface area contributed by atoms with E-state index in [1.807, 2.05) is 0 Å². The average molecular weight is 483 g/mol. The first-order valence-electron chi connectivity index (χ1n) is 9.22. The number of hydrogen-bond donors (Lipinski definition) is 2. The molecule has 1 saturated heterocycles. The molecule has 0 aromatic heterocycles. The number of nitrogens with one attached hydrogen (secondary N) is 1. The molecule has 1 aliphatic rings. The molecule has 2 atom stereocenters. The lowest BCUT2D eigenvalue weighted by atomic mass is 10.2. The Kier molecular flexibility index (Phi) is 7.66. The number of nitrogens with two attached hydrogens (primary N) is 1. The molecule has 0 radical (unpaired) electrons. The minimum absolute atomic E-state index is 0.270. The summed E-state index contributed by atoms with van der Waals surface area (Å²) in [6.45, 7) is 1.40. The zero-order valence-electron chi connectivity index (χ0n) is 16.5. The van der Waals surface area contributed by atoms with Crippen LogP contribution in [0.5, 0.6) is 0 Å². The fourth-order valence-corrected chi connectivity index (χ4v) is 3.95. The van der Waals surface area contributed by atoms with E-state index < -0.39 is 29.4 Å². The highest BCUT2D eigenvalue weighted by Crippen LogP contribution is 2.31. The zero-order valence-corrected chi connectivity index (χ0v) is 18.8. The number of halogens is 2. The second kappa shape index (κ2) is 10.2. The molecule has 3 N–H and O–H groups in total. The topological polar surface area (TPSA) is 105 Å². The first-order chi connectivity index (χ1) is 14.7. The van der Waals surface area contributed by atoms with Gasteiger partial charge in [0.1, 0.15) is 6.04 Å².